The standard InChI is InChI=1S/C21H14FN5O2S/c1-11-17-13(22)5-4-8-16(17)30-18(11)21(29)26-14-6-2-3-7-15(14)27-19-12(9-25-27)20(28)24-10-23-19/h2-10H,1H3,(H,26,29)(H,23,24,28). The summed E-state index contributed by atoms with van der Waals surface area (Å²) >= 11 is 1.24. The molecule has 30 heavy (non-hydrogen) atoms. The SMILES string of the molecule is Cc1c(C(=O)Nc2ccccc2-n2ncc3c(=O)[nH]cnc32)sc2cccc(F)c12. The summed E-state index contributed by atoms with van der Waals surface area (Å²) in [5, 5.41) is 7.96. The van der Waals surface area contributed by atoms with Crippen molar-refractivity contribution in [3.63, 3.8) is 0 Å². The normalized spacial score (nSPS) is 11.3. The van der Waals surface area contributed by atoms with E-state index in [1.54, 1.807) is 43.3 Å². The number of aryl methyl sites for hydroxylation is 1. The quantitative estimate of drug-likeness (QED) is 0.462. The summed E-state index contributed by atoms with van der Waals surface area (Å²) in [5.41, 5.74) is 1.73. The third-order valence-electron chi connectivity index (χ3n) is 4.86. The van der Waals surface area contributed by atoms with Gasteiger partial charge in [-0.1, -0.05) is 18.2 Å². The molecule has 5 rings (SSSR count). The molecule has 0 atom stereocenters. The van der Waals surface area contributed by atoms with E-state index < -0.39 is 0 Å². The highest BCUT2D eigenvalue weighted by Crippen LogP contribution is 2.33. The Kier molecular flexibility index (Phi) is 4.18. The van der Waals surface area contributed by atoms with Crippen molar-refractivity contribution in [1.82, 2.24) is 19.7 Å². The minimum Gasteiger partial charge on any atom is -0.319 e. The molecule has 148 valence electrons. The molecule has 0 aliphatic rings. The van der Waals surface area contributed by atoms with Crippen LogP contribution in [-0.2, 0) is 0 Å². The van der Waals surface area contributed by atoms with Gasteiger partial charge in [0.15, 0.2) is 5.65 Å². The molecule has 0 bridgehead atoms. The fraction of sp³-hybridized carbons (Fsp3) is 0.0476. The molecule has 0 aliphatic heterocycles. The van der Waals surface area contributed by atoms with Crippen LogP contribution in [0.2, 0.25) is 0 Å². The van der Waals surface area contributed by atoms with Gasteiger partial charge < -0.3 is 10.3 Å². The lowest BCUT2D eigenvalue weighted by molar-refractivity contribution is 0.103. The average Bonchev–Trinajstić information content (AvgIpc) is 3.32. The zero-order valence-electron chi connectivity index (χ0n) is 15.6. The van der Waals surface area contributed by atoms with E-state index >= 15 is 0 Å². The second kappa shape index (κ2) is 6.89. The van der Waals surface area contributed by atoms with Crippen LogP contribution in [-0.4, -0.2) is 25.7 Å². The molecule has 2 N–H and O–H groups in total. The summed E-state index contributed by atoms with van der Waals surface area (Å²) in [6, 6.07) is 11.9. The van der Waals surface area contributed by atoms with Gasteiger partial charge in [-0.2, -0.15) is 5.10 Å². The maximum absolute atomic E-state index is 14.2. The Hall–Kier alpha value is -3.85. The Labute approximate surface area is 172 Å². The van der Waals surface area contributed by atoms with Crippen molar-refractivity contribution in [2.45, 2.75) is 6.92 Å². The van der Waals surface area contributed by atoms with Gasteiger partial charge in [-0.15, -0.1) is 11.3 Å². The Balaban J connectivity index is 1.58. The van der Waals surface area contributed by atoms with Crippen molar-refractivity contribution in [2.75, 3.05) is 5.32 Å². The van der Waals surface area contributed by atoms with Crippen molar-refractivity contribution in [3.05, 3.63) is 81.6 Å². The van der Waals surface area contributed by atoms with E-state index in [0.29, 0.717) is 42.9 Å². The maximum atomic E-state index is 14.2. The molecule has 5 aromatic rings. The van der Waals surface area contributed by atoms with Crippen LogP contribution in [0, 0.1) is 12.7 Å². The second-order valence-corrected chi connectivity index (χ2v) is 7.72. The number of anilines is 1. The lowest BCUT2D eigenvalue weighted by atomic mass is 10.1. The Bertz CT molecular complexity index is 1500. The summed E-state index contributed by atoms with van der Waals surface area (Å²) in [4.78, 5) is 32.2. The van der Waals surface area contributed by atoms with E-state index in [2.05, 4.69) is 20.4 Å². The molecule has 0 fully saturated rings. The predicted molar refractivity (Wildman–Crippen MR) is 114 cm³/mol. The number of amides is 1. The molecule has 3 heterocycles. The minimum absolute atomic E-state index is 0.296. The van der Waals surface area contributed by atoms with Crippen LogP contribution in [0.4, 0.5) is 10.1 Å². The number of benzene rings is 2. The number of halogens is 1. The zero-order chi connectivity index (χ0) is 20.8. The molecular weight excluding hydrogens is 405 g/mol. The van der Waals surface area contributed by atoms with Crippen LogP contribution >= 0.6 is 11.3 Å². The number of rotatable bonds is 3. The Morgan fingerprint density at radius 2 is 2.03 bits per heavy atom. The van der Waals surface area contributed by atoms with E-state index in [-0.39, 0.29) is 17.3 Å². The van der Waals surface area contributed by atoms with Crippen LogP contribution in [0.25, 0.3) is 26.8 Å². The molecule has 3 aromatic heterocycles. The van der Waals surface area contributed by atoms with Gasteiger partial charge in [-0.25, -0.2) is 14.1 Å². The van der Waals surface area contributed by atoms with Crippen LogP contribution in [0.15, 0.2) is 59.8 Å². The second-order valence-electron chi connectivity index (χ2n) is 6.67. The Morgan fingerprint density at radius 3 is 2.87 bits per heavy atom. The maximum Gasteiger partial charge on any atom is 0.266 e. The summed E-state index contributed by atoms with van der Waals surface area (Å²) in [7, 11) is 0. The molecule has 1 amide bonds. The minimum atomic E-state index is -0.347. The smallest absolute Gasteiger partial charge is 0.266 e. The average molecular weight is 419 g/mol. The number of nitrogens with one attached hydrogen (secondary N) is 2. The fourth-order valence-electron chi connectivity index (χ4n) is 3.45. The third kappa shape index (κ3) is 2.79. The number of carbonyl (C=O) groups excluding carboxylic acids is 1. The van der Waals surface area contributed by atoms with Crippen LogP contribution in [0.3, 0.4) is 0 Å². The highest BCUT2D eigenvalue weighted by molar-refractivity contribution is 7.21. The highest BCUT2D eigenvalue weighted by Gasteiger charge is 2.20. The largest absolute Gasteiger partial charge is 0.319 e. The van der Waals surface area contributed by atoms with Crippen LogP contribution in [0.1, 0.15) is 15.2 Å². The molecule has 0 unspecified atom stereocenters. The number of fused-ring (bicyclic) bond motifs is 2. The van der Waals surface area contributed by atoms with Gasteiger partial charge in [0.2, 0.25) is 0 Å². The number of aromatic amines is 1. The summed E-state index contributed by atoms with van der Waals surface area (Å²) in [6.45, 7) is 1.74. The van der Waals surface area contributed by atoms with Crippen molar-refractivity contribution >= 4 is 44.1 Å². The van der Waals surface area contributed by atoms with Crippen molar-refractivity contribution in [3.8, 4) is 5.69 Å². The summed E-state index contributed by atoms with van der Waals surface area (Å²) in [6.07, 6.45) is 2.73. The number of aromatic nitrogens is 4. The number of thiophene rings is 1. The van der Waals surface area contributed by atoms with E-state index in [0.717, 1.165) is 0 Å². The first-order chi connectivity index (χ1) is 14.5. The molecule has 0 spiro atoms. The van der Waals surface area contributed by atoms with Crippen molar-refractivity contribution in [1.29, 1.82) is 0 Å². The number of hydrogen-bond acceptors (Lipinski definition) is 5. The number of para-hydroxylation sites is 2. The first-order valence-electron chi connectivity index (χ1n) is 9.04. The van der Waals surface area contributed by atoms with Gasteiger partial charge in [-0.3, -0.25) is 9.59 Å². The van der Waals surface area contributed by atoms with Gasteiger partial charge in [0.1, 0.15) is 11.2 Å². The predicted octanol–water partition coefficient (Wildman–Crippen LogP) is 4.02. The highest BCUT2D eigenvalue weighted by atomic mass is 32.1. The third-order valence-corrected chi connectivity index (χ3v) is 6.12. The summed E-state index contributed by atoms with van der Waals surface area (Å²) in [5.74, 6) is -0.692. The van der Waals surface area contributed by atoms with Crippen molar-refractivity contribution in [2.24, 2.45) is 0 Å². The van der Waals surface area contributed by atoms with Crippen LogP contribution in [0.5, 0.6) is 0 Å². The number of hydrogen-bond donors (Lipinski definition) is 2. The molecule has 0 saturated heterocycles. The summed E-state index contributed by atoms with van der Waals surface area (Å²) < 4.78 is 16.4. The lowest BCUT2D eigenvalue weighted by Gasteiger charge is -2.11. The molecule has 0 saturated carbocycles. The van der Waals surface area contributed by atoms with Gasteiger partial charge in [0.25, 0.3) is 11.5 Å². The molecule has 0 radical (unpaired) electrons. The molecule has 0 aliphatic carbocycles. The van der Waals surface area contributed by atoms with Crippen LogP contribution < -0.4 is 10.9 Å². The number of nitrogens with zero attached hydrogens (tertiary/aromatic N) is 3. The van der Waals surface area contributed by atoms with Gasteiger partial charge >= 0.3 is 0 Å². The fourth-order valence-corrected chi connectivity index (χ4v) is 4.56. The molecular formula is C21H14FN5O2S. The van der Waals surface area contributed by atoms with E-state index in [1.807, 2.05) is 0 Å². The number of H-pyrrole nitrogens is 1. The molecule has 9 heteroatoms. The van der Waals surface area contributed by atoms with Gasteiger partial charge in [-0.05, 0) is 36.8 Å². The molecule has 7 nitrogen and oxygen atoms in total. The molecule has 2 aromatic carbocycles. The van der Waals surface area contributed by atoms with Gasteiger partial charge in [0, 0.05) is 10.1 Å². The first-order valence-corrected chi connectivity index (χ1v) is 9.86. The zero-order valence-corrected chi connectivity index (χ0v) is 16.5. The van der Waals surface area contributed by atoms with E-state index in [9.17, 15) is 14.0 Å². The van der Waals surface area contributed by atoms with E-state index in [4.69, 9.17) is 0 Å². The van der Waals surface area contributed by atoms with E-state index in [1.165, 1.54) is 34.6 Å². The number of carbonyl (C=O) groups is 1. The Morgan fingerprint density at radius 1 is 1.20 bits per heavy atom. The lowest BCUT2D eigenvalue weighted by Crippen LogP contribution is -2.14. The van der Waals surface area contributed by atoms with Crippen molar-refractivity contribution < 1.29 is 9.18 Å². The van der Waals surface area contributed by atoms with Gasteiger partial charge in [0.05, 0.1) is 28.8 Å². The topological polar surface area (TPSA) is 92.7 Å². The first kappa shape index (κ1) is 18.2. The monoisotopic (exact) mass is 419 g/mol.